The van der Waals surface area contributed by atoms with E-state index in [2.05, 4.69) is 0 Å². The molecule has 24 heavy (non-hydrogen) atoms. The van der Waals surface area contributed by atoms with Gasteiger partial charge in [0.2, 0.25) is 5.91 Å². The van der Waals surface area contributed by atoms with Gasteiger partial charge in [-0.2, -0.15) is 0 Å². The first-order chi connectivity index (χ1) is 11.4. The van der Waals surface area contributed by atoms with Crippen molar-refractivity contribution in [2.45, 2.75) is 23.9 Å². The van der Waals surface area contributed by atoms with Crippen molar-refractivity contribution in [2.75, 3.05) is 20.4 Å². The Morgan fingerprint density at radius 2 is 1.92 bits per heavy atom. The number of methoxy groups -OCH3 is 1. The number of amides is 1. The summed E-state index contributed by atoms with van der Waals surface area (Å²) in [6, 6.07) is 15.4. The van der Waals surface area contributed by atoms with E-state index in [0.717, 1.165) is 21.8 Å². The number of likely N-dealkylation sites (N-methyl/N-ethyl adjacent to an activating group) is 1. The van der Waals surface area contributed by atoms with E-state index in [1.165, 1.54) is 0 Å². The van der Waals surface area contributed by atoms with Crippen LogP contribution in [0.15, 0.2) is 53.4 Å². The topological polar surface area (TPSA) is 55.6 Å². The highest BCUT2D eigenvalue weighted by atomic mass is 32.2. The van der Waals surface area contributed by atoms with E-state index in [4.69, 9.17) is 10.5 Å². The fraction of sp³-hybridized carbons (Fsp3) is 0.316. The van der Waals surface area contributed by atoms with Crippen LogP contribution in [0.2, 0.25) is 0 Å². The SMILES string of the molecule is COc1cc(CN(C)C(=O)C(C)(N)c2ccccc2)ccc1SC. The van der Waals surface area contributed by atoms with Crippen LogP contribution in [0.25, 0.3) is 0 Å². The van der Waals surface area contributed by atoms with Crippen LogP contribution in [0.3, 0.4) is 0 Å². The number of rotatable bonds is 6. The molecule has 0 radical (unpaired) electrons. The van der Waals surface area contributed by atoms with Gasteiger partial charge in [0.1, 0.15) is 11.3 Å². The van der Waals surface area contributed by atoms with Crippen molar-refractivity contribution in [1.82, 2.24) is 4.90 Å². The monoisotopic (exact) mass is 344 g/mol. The normalized spacial score (nSPS) is 13.2. The molecule has 2 rings (SSSR count). The first kappa shape index (κ1) is 18.4. The maximum absolute atomic E-state index is 12.8. The lowest BCUT2D eigenvalue weighted by molar-refractivity contribution is -0.136. The maximum atomic E-state index is 12.8. The van der Waals surface area contributed by atoms with Crippen LogP contribution in [0.4, 0.5) is 0 Å². The molecule has 0 saturated heterocycles. The number of nitrogens with zero attached hydrogens (tertiary/aromatic N) is 1. The van der Waals surface area contributed by atoms with E-state index in [-0.39, 0.29) is 5.91 Å². The number of nitrogens with two attached hydrogens (primary N) is 1. The van der Waals surface area contributed by atoms with Crippen molar-refractivity contribution in [1.29, 1.82) is 0 Å². The minimum atomic E-state index is -1.06. The smallest absolute Gasteiger partial charge is 0.247 e. The zero-order valence-corrected chi connectivity index (χ0v) is 15.4. The number of carbonyl (C=O) groups excluding carboxylic acids is 1. The molecule has 0 aromatic heterocycles. The van der Waals surface area contributed by atoms with Gasteiger partial charge >= 0.3 is 0 Å². The highest BCUT2D eigenvalue weighted by Crippen LogP contribution is 2.29. The van der Waals surface area contributed by atoms with Gasteiger partial charge in [0, 0.05) is 18.5 Å². The lowest BCUT2D eigenvalue weighted by atomic mass is 9.91. The Labute approximate surface area is 148 Å². The summed E-state index contributed by atoms with van der Waals surface area (Å²) in [6.45, 7) is 2.22. The van der Waals surface area contributed by atoms with Gasteiger partial charge in [0.25, 0.3) is 0 Å². The van der Waals surface area contributed by atoms with E-state index >= 15 is 0 Å². The molecule has 4 nitrogen and oxygen atoms in total. The standard InChI is InChI=1S/C19H24N2O2S/c1-19(20,15-8-6-5-7-9-15)18(22)21(2)13-14-10-11-17(24-4)16(12-14)23-3/h5-12H,13,20H2,1-4H3. The van der Waals surface area contributed by atoms with Crippen LogP contribution < -0.4 is 10.5 Å². The summed E-state index contributed by atoms with van der Waals surface area (Å²) in [6.07, 6.45) is 2.01. The molecule has 0 aliphatic rings. The van der Waals surface area contributed by atoms with E-state index in [1.54, 1.807) is 37.7 Å². The summed E-state index contributed by atoms with van der Waals surface area (Å²) < 4.78 is 5.41. The van der Waals surface area contributed by atoms with E-state index in [1.807, 2.05) is 54.8 Å². The molecular formula is C19H24N2O2S. The van der Waals surface area contributed by atoms with Gasteiger partial charge < -0.3 is 15.4 Å². The van der Waals surface area contributed by atoms with Crippen molar-refractivity contribution in [2.24, 2.45) is 5.73 Å². The highest BCUT2D eigenvalue weighted by molar-refractivity contribution is 7.98. The van der Waals surface area contributed by atoms with Gasteiger partial charge in [-0.1, -0.05) is 36.4 Å². The molecule has 128 valence electrons. The fourth-order valence-electron chi connectivity index (χ4n) is 2.63. The van der Waals surface area contributed by atoms with Crippen LogP contribution in [0, 0.1) is 0 Å². The molecule has 0 spiro atoms. The zero-order chi connectivity index (χ0) is 17.7. The van der Waals surface area contributed by atoms with Gasteiger partial charge in [-0.25, -0.2) is 0 Å². The Kier molecular flexibility index (Phi) is 5.91. The van der Waals surface area contributed by atoms with Gasteiger partial charge in [-0.15, -0.1) is 11.8 Å². The van der Waals surface area contributed by atoms with Crippen molar-refractivity contribution in [3.8, 4) is 5.75 Å². The highest BCUT2D eigenvalue weighted by Gasteiger charge is 2.33. The molecule has 0 saturated carbocycles. The molecule has 0 fully saturated rings. The molecule has 1 unspecified atom stereocenters. The first-order valence-corrected chi connectivity index (χ1v) is 8.93. The summed E-state index contributed by atoms with van der Waals surface area (Å²) in [5.41, 5.74) is 7.07. The number of benzene rings is 2. The first-order valence-electron chi connectivity index (χ1n) is 7.71. The molecule has 5 heteroatoms. The van der Waals surface area contributed by atoms with E-state index in [0.29, 0.717) is 6.54 Å². The number of hydrogen-bond donors (Lipinski definition) is 1. The number of hydrogen-bond acceptors (Lipinski definition) is 4. The lowest BCUT2D eigenvalue weighted by Gasteiger charge is -2.30. The van der Waals surface area contributed by atoms with Crippen LogP contribution in [-0.4, -0.2) is 31.2 Å². The molecule has 0 aliphatic heterocycles. The van der Waals surface area contributed by atoms with Crippen LogP contribution in [0.5, 0.6) is 5.75 Å². The molecular weight excluding hydrogens is 320 g/mol. The third kappa shape index (κ3) is 3.91. The summed E-state index contributed by atoms with van der Waals surface area (Å²) in [4.78, 5) is 15.5. The minimum Gasteiger partial charge on any atom is -0.496 e. The molecule has 1 amide bonds. The fourth-order valence-corrected chi connectivity index (χ4v) is 3.18. The largest absolute Gasteiger partial charge is 0.496 e. The van der Waals surface area contributed by atoms with Crippen molar-refractivity contribution < 1.29 is 9.53 Å². The van der Waals surface area contributed by atoms with Crippen LogP contribution in [-0.2, 0) is 16.9 Å². The Bertz CT molecular complexity index is 702. The third-order valence-corrected chi connectivity index (χ3v) is 4.81. The van der Waals surface area contributed by atoms with Crippen molar-refractivity contribution in [3.63, 3.8) is 0 Å². The quantitative estimate of drug-likeness (QED) is 0.817. The van der Waals surface area contributed by atoms with Crippen LogP contribution >= 0.6 is 11.8 Å². The van der Waals surface area contributed by atoms with Crippen molar-refractivity contribution in [3.05, 3.63) is 59.7 Å². The molecule has 2 aromatic carbocycles. The summed E-state index contributed by atoms with van der Waals surface area (Å²) in [5, 5.41) is 0. The van der Waals surface area contributed by atoms with Crippen LogP contribution in [0.1, 0.15) is 18.1 Å². The lowest BCUT2D eigenvalue weighted by Crippen LogP contribution is -2.49. The second-order valence-corrected chi connectivity index (χ2v) is 6.77. The van der Waals surface area contributed by atoms with E-state index < -0.39 is 5.54 Å². The summed E-state index contributed by atoms with van der Waals surface area (Å²) in [7, 11) is 3.42. The Balaban J connectivity index is 2.17. The predicted octanol–water partition coefficient (Wildman–Crippen LogP) is 3.25. The van der Waals surface area contributed by atoms with Gasteiger partial charge in [0.15, 0.2) is 0 Å². The number of thioether (sulfide) groups is 1. The minimum absolute atomic E-state index is 0.124. The van der Waals surface area contributed by atoms with Gasteiger partial charge in [0.05, 0.1) is 7.11 Å². The molecule has 0 heterocycles. The Morgan fingerprint density at radius 1 is 1.25 bits per heavy atom. The molecule has 1 atom stereocenters. The molecule has 2 N–H and O–H groups in total. The summed E-state index contributed by atoms with van der Waals surface area (Å²) >= 11 is 1.63. The number of carbonyl (C=O) groups is 1. The maximum Gasteiger partial charge on any atom is 0.247 e. The Morgan fingerprint density at radius 3 is 2.50 bits per heavy atom. The molecule has 0 bridgehead atoms. The average molecular weight is 344 g/mol. The van der Waals surface area contributed by atoms with E-state index in [9.17, 15) is 4.79 Å². The molecule has 0 aliphatic carbocycles. The number of ether oxygens (including phenoxy) is 1. The predicted molar refractivity (Wildman–Crippen MR) is 99.2 cm³/mol. The summed E-state index contributed by atoms with van der Waals surface area (Å²) in [5.74, 6) is 0.695. The average Bonchev–Trinajstić information content (AvgIpc) is 2.61. The van der Waals surface area contributed by atoms with Gasteiger partial charge in [-0.3, -0.25) is 4.79 Å². The second kappa shape index (κ2) is 7.73. The Hall–Kier alpha value is -1.98. The third-order valence-electron chi connectivity index (χ3n) is 4.03. The zero-order valence-electron chi connectivity index (χ0n) is 14.6. The van der Waals surface area contributed by atoms with Gasteiger partial charge in [-0.05, 0) is 36.4 Å². The van der Waals surface area contributed by atoms with Crippen molar-refractivity contribution >= 4 is 17.7 Å². The molecule has 2 aromatic rings. The second-order valence-electron chi connectivity index (χ2n) is 5.92.